The van der Waals surface area contributed by atoms with E-state index in [1.165, 1.54) is 7.11 Å². The molecule has 1 atom stereocenters. The molecule has 0 saturated carbocycles. The third-order valence-corrected chi connectivity index (χ3v) is 5.41. The van der Waals surface area contributed by atoms with Crippen molar-refractivity contribution in [3.05, 3.63) is 53.9 Å². The highest BCUT2D eigenvalue weighted by Crippen LogP contribution is 2.42. The largest absolute Gasteiger partial charge is 0.399 e. The number of benzene rings is 1. The molecular formula is C20H23N3O2S. The molecule has 5 nitrogen and oxygen atoms in total. The van der Waals surface area contributed by atoms with Gasteiger partial charge in [0.25, 0.3) is 0 Å². The van der Waals surface area contributed by atoms with Crippen molar-refractivity contribution in [2.45, 2.75) is 19.2 Å². The summed E-state index contributed by atoms with van der Waals surface area (Å²) < 4.78 is 0. The minimum absolute atomic E-state index is 0.0170. The quantitative estimate of drug-likeness (QED) is 0.571. The standard InChI is InChI=1S/C20H23N3O2S/c1-14(2)12-23-19(24)13-26-20(23)18-11-21-9-8-17(18)16-6-4-15(5-7-16)10-22-25-3/h4-11,14,20H,12-13H2,1-3H3. The van der Waals surface area contributed by atoms with Gasteiger partial charge in [-0.3, -0.25) is 9.78 Å². The van der Waals surface area contributed by atoms with Crippen LogP contribution in [0.1, 0.15) is 30.3 Å². The van der Waals surface area contributed by atoms with Gasteiger partial charge in [-0.25, -0.2) is 0 Å². The maximum atomic E-state index is 12.3. The van der Waals surface area contributed by atoms with Crippen LogP contribution in [0.25, 0.3) is 11.1 Å². The fraction of sp³-hybridized carbons (Fsp3) is 0.350. The normalized spacial score (nSPS) is 17.5. The van der Waals surface area contributed by atoms with Crippen molar-refractivity contribution < 1.29 is 9.63 Å². The second-order valence-corrected chi connectivity index (χ2v) is 7.67. The van der Waals surface area contributed by atoms with Crippen LogP contribution in [0.5, 0.6) is 0 Å². The van der Waals surface area contributed by atoms with Gasteiger partial charge < -0.3 is 9.74 Å². The first-order valence-corrected chi connectivity index (χ1v) is 9.67. The van der Waals surface area contributed by atoms with Gasteiger partial charge in [0.2, 0.25) is 5.91 Å². The van der Waals surface area contributed by atoms with Gasteiger partial charge in [-0.15, -0.1) is 11.8 Å². The molecule has 1 aromatic carbocycles. The lowest BCUT2D eigenvalue weighted by Crippen LogP contribution is -2.31. The fourth-order valence-corrected chi connectivity index (χ4v) is 4.25. The molecule has 1 fully saturated rings. The van der Waals surface area contributed by atoms with Gasteiger partial charge in [0, 0.05) is 24.5 Å². The molecule has 2 heterocycles. The van der Waals surface area contributed by atoms with E-state index in [1.54, 1.807) is 24.2 Å². The smallest absolute Gasteiger partial charge is 0.233 e. The maximum Gasteiger partial charge on any atom is 0.233 e. The fourth-order valence-electron chi connectivity index (χ4n) is 3.03. The topological polar surface area (TPSA) is 54.8 Å². The van der Waals surface area contributed by atoms with E-state index in [0.29, 0.717) is 11.7 Å². The Bertz CT molecular complexity index is 790. The van der Waals surface area contributed by atoms with Crippen LogP contribution in [-0.4, -0.2) is 41.4 Å². The molecule has 0 aliphatic carbocycles. The minimum Gasteiger partial charge on any atom is -0.399 e. The summed E-state index contributed by atoms with van der Waals surface area (Å²) in [7, 11) is 1.53. The lowest BCUT2D eigenvalue weighted by atomic mass is 10.00. The van der Waals surface area contributed by atoms with Crippen LogP contribution in [0.2, 0.25) is 0 Å². The summed E-state index contributed by atoms with van der Waals surface area (Å²) in [4.78, 5) is 23.4. The summed E-state index contributed by atoms with van der Waals surface area (Å²) in [6.45, 7) is 5.03. The van der Waals surface area contributed by atoms with Crippen LogP contribution in [0.15, 0.2) is 47.9 Å². The number of oxime groups is 1. The maximum absolute atomic E-state index is 12.3. The third-order valence-electron chi connectivity index (χ3n) is 4.18. The highest BCUT2D eigenvalue weighted by molar-refractivity contribution is 8.00. The van der Waals surface area contributed by atoms with Crippen molar-refractivity contribution in [1.82, 2.24) is 9.88 Å². The van der Waals surface area contributed by atoms with E-state index in [4.69, 9.17) is 4.84 Å². The molecular weight excluding hydrogens is 346 g/mol. The molecule has 0 spiro atoms. The average Bonchev–Trinajstić information content (AvgIpc) is 3.00. The van der Waals surface area contributed by atoms with Crippen molar-refractivity contribution in [2.24, 2.45) is 11.1 Å². The van der Waals surface area contributed by atoms with E-state index in [2.05, 4.69) is 36.1 Å². The molecule has 0 N–H and O–H groups in total. The van der Waals surface area contributed by atoms with Crippen LogP contribution >= 0.6 is 11.8 Å². The molecule has 2 aromatic rings. The summed E-state index contributed by atoms with van der Waals surface area (Å²) in [5.74, 6) is 1.16. The second kappa shape index (κ2) is 8.36. The Morgan fingerprint density at radius 2 is 2.12 bits per heavy atom. The Hall–Kier alpha value is -2.34. The van der Waals surface area contributed by atoms with E-state index in [9.17, 15) is 4.79 Å². The molecule has 0 radical (unpaired) electrons. The van der Waals surface area contributed by atoms with Gasteiger partial charge in [0.1, 0.15) is 12.5 Å². The Labute approximate surface area is 158 Å². The zero-order valence-corrected chi connectivity index (χ0v) is 16.1. The van der Waals surface area contributed by atoms with Crippen molar-refractivity contribution >= 4 is 23.9 Å². The molecule has 1 aliphatic heterocycles. The number of amides is 1. The number of carbonyl (C=O) groups is 1. The van der Waals surface area contributed by atoms with E-state index < -0.39 is 0 Å². The molecule has 1 aliphatic rings. The molecule has 1 unspecified atom stereocenters. The molecule has 0 bridgehead atoms. The van der Waals surface area contributed by atoms with E-state index >= 15 is 0 Å². The zero-order valence-electron chi connectivity index (χ0n) is 15.3. The molecule has 1 aromatic heterocycles. The predicted octanol–water partition coefficient (Wildman–Crippen LogP) is 3.96. The van der Waals surface area contributed by atoms with Crippen molar-refractivity contribution in [2.75, 3.05) is 19.4 Å². The SMILES string of the molecule is CON=Cc1ccc(-c2ccncc2C2SCC(=O)N2CC(C)C)cc1. The number of pyridine rings is 1. The van der Waals surface area contributed by atoms with Crippen molar-refractivity contribution in [1.29, 1.82) is 0 Å². The Morgan fingerprint density at radius 1 is 1.35 bits per heavy atom. The van der Waals surface area contributed by atoms with Crippen LogP contribution in [0.4, 0.5) is 0 Å². The summed E-state index contributed by atoms with van der Waals surface area (Å²) in [6, 6.07) is 10.1. The zero-order chi connectivity index (χ0) is 18.5. The second-order valence-electron chi connectivity index (χ2n) is 6.61. The molecule has 136 valence electrons. The molecule has 1 amide bonds. The number of thioether (sulfide) groups is 1. The van der Waals surface area contributed by atoms with E-state index in [0.717, 1.165) is 28.8 Å². The highest BCUT2D eigenvalue weighted by atomic mass is 32.2. The summed E-state index contributed by atoms with van der Waals surface area (Å²) in [5.41, 5.74) is 4.26. The lowest BCUT2D eigenvalue weighted by molar-refractivity contribution is -0.128. The number of nitrogens with zero attached hydrogens (tertiary/aromatic N) is 3. The van der Waals surface area contributed by atoms with E-state index in [1.807, 2.05) is 29.3 Å². The molecule has 6 heteroatoms. The summed E-state index contributed by atoms with van der Waals surface area (Å²) >= 11 is 1.68. The highest BCUT2D eigenvalue weighted by Gasteiger charge is 2.34. The first-order valence-electron chi connectivity index (χ1n) is 8.62. The monoisotopic (exact) mass is 369 g/mol. The predicted molar refractivity (Wildman–Crippen MR) is 106 cm³/mol. The number of aromatic nitrogens is 1. The Morgan fingerprint density at radius 3 is 2.81 bits per heavy atom. The van der Waals surface area contributed by atoms with Crippen LogP contribution in [0, 0.1) is 5.92 Å². The van der Waals surface area contributed by atoms with Crippen LogP contribution in [0.3, 0.4) is 0 Å². The number of hydrogen-bond donors (Lipinski definition) is 0. The van der Waals surface area contributed by atoms with Gasteiger partial charge in [-0.2, -0.15) is 0 Å². The minimum atomic E-state index is 0.0170. The number of rotatable bonds is 6. The van der Waals surface area contributed by atoms with Crippen molar-refractivity contribution in [3.8, 4) is 11.1 Å². The van der Waals surface area contributed by atoms with Gasteiger partial charge in [-0.1, -0.05) is 43.3 Å². The Kier molecular flexibility index (Phi) is 5.93. The van der Waals surface area contributed by atoms with Gasteiger partial charge in [-0.05, 0) is 28.7 Å². The molecule has 3 rings (SSSR count). The van der Waals surface area contributed by atoms with Crippen molar-refractivity contribution in [3.63, 3.8) is 0 Å². The van der Waals surface area contributed by atoms with Crippen LogP contribution in [-0.2, 0) is 9.63 Å². The summed E-state index contributed by atoms with van der Waals surface area (Å²) in [6.07, 6.45) is 5.36. The Balaban J connectivity index is 1.93. The molecule has 26 heavy (non-hydrogen) atoms. The van der Waals surface area contributed by atoms with Gasteiger partial charge in [0.05, 0.1) is 12.0 Å². The lowest BCUT2D eigenvalue weighted by Gasteiger charge is -2.27. The summed E-state index contributed by atoms with van der Waals surface area (Å²) in [5, 5.41) is 3.81. The number of carbonyl (C=O) groups excluding carboxylic acids is 1. The third kappa shape index (κ3) is 4.07. The first-order chi connectivity index (χ1) is 12.6. The molecule has 1 saturated heterocycles. The van der Waals surface area contributed by atoms with Crippen LogP contribution < -0.4 is 0 Å². The first kappa shape index (κ1) is 18.5. The van der Waals surface area contributed by atoms with Gasteiger partial charge in [0.15, 0.2) is 0 Å². The average molecular weight is 369 g/mol. The van der Waals surface area contributed by atoms with Gasteiger partial charge >= 0.3 is 0 Å². The van der Waals surface area contributed by atoms with E-state index in [-0.39, 0.29) is 11.3 Å². The number of hydrogen-bond acceptors (Lipinski definition) is 5.